The molecule has 0 aromatic heterocycles. The summed E-state index contributed by atoms with van der Waals surface area (Å²) in [6, 6.07) is 10.5. The van der Waals surface area contributed by atoms with Crippen molar-refractivity contribution < 1.29 is 13.2 Å². The molecule has 0 radical (unpaired) electrons. The minimum atomic E-state index is -4.35. The van der Waals surface area contributed by atoms with Crippen molar-refractivity contribution in [2.75, 3.05) is 5.73 Å². The van der Waals surface area contributed by atoms with Gasteiger partial charge in [-0.2, -0.15) is 13.2 Å². The molecule has 1 nitrogen and oxygen atoms in total. The predicted octanol–water partition coefficient (Wildman–Crippen LogP) is 5.23. The Hall–Kier alpha value is -1.33. The smallest absolute Gasteiger partial charge is 0.399 e. The normalized spacial score (nSPS) is 11.6. The fourth-order valence-electron chi connectivity index (χ4n) is 1.71. The van der Waals surface area contributed by atoms with Crippen molar-refractivity contribution in [2.45, 2.75) is 16.8 Å². The van der Waals surface area contributed by atoms with Crippen LogP contribution < -0.4 is 5.73 Å². The number of hydrogen-bond donors (Lipinski definition) is 1. The van der Waals surface area contributed by atoms with Crippen LogP contribution in [0.5, 0.6) is 0 Å². The van der Waals surface area contributed by atoms with Crippen LogP contribution in [0.2, 0.25) is 5.02 Å². The molecule has 0 saturated carbocycles. The number of halogens is 4. The number of rotatable bonds is 3. The fourth-order valence-corrected chi connectivity index (χ4v) is 2.98. The van der Waals surface area contributed by atoms with E-state index >= 15 is 0 Å². The van der Waals surface area contributed by atoms with Gasteiger partial charge in [0, 0.05) is 16.3 Å². The lowest BCUT2D eigenvalue weighted by Gasteiger charge is -2.12. The third kappa shape index (κ3) is 3.61. The lowest BCUT2D eigenvalue weighted by atomic mass is 10.1. The highest BCUT2D eigenvalue weighted by Crippen LogP contribution is 2.36. The summed E-state index contributed by atoms with van der Waals surface area (Å²) in [6.07, 6.45) is -4.35. The van der Waals surface area contributed by atoms with E-state index in [0.29, 0.717) is 15.6 Å². The van der Waals surface area contributed by atoms with E-state index in [-0.39, 0.29) is 11.3 Å². The van der Waals surface area contributed by atoms with Crippen molar-refractivity contribution in [1.29, 1.82) is 0 Å². The molecule has 0 aliphatic rings. The van der Waals surface area contributed by atoms with Crippen molar-refractivity contribution in [3.8, 4) is 0 Å². The molecule has 0 unspecified atom stereocenters. The number of hydrogen-bond acceptors (Lipinski definition) is 2. The quantitative estimate of drug-likeness (QED) is 0.619. The Morgan fingerprint density at radius 1 is 1.10 bits per heavy atom. The molecule has 20 heavy (non-hydrogen) atoms. The second kappa shape index (κ2) is 5.97. The summed E-state index contributed by atoms with van der Waals surface area (Å²) in [5, 5.41) is 0.480. The molecule has 0 amide bonds. The Bertz CT molecular complexity index is 614. The van der Waals surface area contributed by atoms with Crippen LogP contribution in [0.15, 0.2) is 47.4 Å². The van der Waals surface area contributed by atoms with Gasteiger partial charge in [-0.3, -0.25) is 0 Å². The molecule has 0 aliphatic carbocycles. The molecular weight excluding hydrogens is 307 g/mol. The molecule has 0 atom stereocenters. The lowest BCUT2D eigenvalue weighted by Crippen LogP contribution is -2.08. The van der Waals surface area contributed by atoms with Gasteiger partial charge in [0.05, 0.1) is 10.6 Å². The predicted molar refractivity (Wildman–Crippen MR) is 76.9 cm³/mol. The number of benzene rings is 2. The highest BCUT2D eigenvalue weighted by atomic mass is 35.5. The van der Waals surface area contributed by atoms with Crippen LogP contribution in [0.4, 0.5) is 18.9 Å². The summed E-state index contributed by atoms with van der Waals surface area (Å²) < 4.78 is 38.6. The minimum absolute atomic E-state index is 0.179. The first-order valence-corrected chi connectivity index (χ1v) is 7.07. The van der Waals surface area contributed by atoms with Gasteiger partial charge in [0.15, 0.2) is 0 Å². The molecule has 0 spiro atoms. The van der Waals surface area contributed by atoms with Crippen molar-refractivity contribution in [3.63, 3.8) is 0 Å². The number of thioether (sulfide) groups is 1. The first-order valence-electron chi connectivity index (χ1n) is 5.71. The number of nitrogens with two attached hydrogens (primary N) is 1. The van der Waals surface area contributed by atoms with Gasteiger partial charge in [-0.25, -0.2) is 0 Å². The molecule has 2 rings (SSSR count). The molecule has 0 bridgehead atoms. The van der Waals surface area contributed by atoms with Crippen LogP contribution in [0.3, 0.4) is 0 Å². The first-order chi connectivity index (χ1) is 9.38. The fraction of sp³-hybridized carbons (Fsp3) is 0.143. The second-order valence-corrected chi connectivity index (χ2v) is 5.56. The zero-order chi connectivity index (χ0) is 14.8. The topological polar surface area (TPSA) is 26.0 Å². The van der Waals surface area contributed by atoms with E-state index in [4.69, 9.17) is 17.3 Å². The van der Waals surface area contributed by atoms with Crippen LogP contribution in [-0.4, -0.2) is 0 Å². The van der Waals surface area contributed by atoms with Crippen molar-refractivity contribution in [1.82, 2.24) is 0 Å². The van der Waals surface area contributed by atoms with E-state index < -0.39 is 11.7 Å². The number of nitrogen functional groups attached to an aromatic ring is 1. The average Bonchev–Trinajstić information content (AvgIpc) is 2.39. The Morgan fingerprint density at radius 3 is 2.50 bits per heavy atom. The average molecular weight is 318 g/mol. The van der Waals surface area contributed by atoms with E-state index in [1.807, 2.05) is 0 Å². The van der Waals surface area contributed by atoms with Crippen LogP contribution >= 0.6 is 23.4 Å². The molecule has 2 aromatic rings. The van der Waals surface area contributed by atoms with Gasteiger partial charge < -0.3 is 5.73 Å². The maximum absolute atomic E-state index is 12.9. The Kier molecular flexibility index (Phi) is 4.50. The van der Waals surface area contributed by atoms with Crippen LogP contribution in [-0.2, 0) is 11.9 Å². The Labute approximate surface area is 123 Å². The maximum atomic E-state index is 12.9. The molecule has 6 heteroatoms. The van der Waals surface area contributed by atoms with Crippen LogP contribution in [0.25, 0.3) is 0 Å². The Morgan fingerprint density at radius 2 is 1.80 bits per heavy atom. The minimum Gasteiger partial charge on any atom is -0.399 e. The largest absolute Gasteiger partial charge is 0.416 e. The lowest BCUT2D eigenvalue weighted by molar-refractivity contribution is -0.138. The van der Waals surface area contributed by atoms with Gasteiger partial charge >= 0.3 is 6.18 Å². The van der Waals surface area contributed by atoms with Gasteiger partial charge in [-0.15, -0.1) is 11.8 Å². The number of alkyl halides is 3. The highest BCUT2D eigenvalue weighted by molar-refractivity contribution is 7.98. The maximum Gasteiger partial charge on any atom is 0.416 e. The third-order valence-electron chi connectivity index (χ3n) is 2.66. The van der Waals surface area contributed by atoms with Gasteiger partial charge in [-0.05, 0) is 29.8 Å². The van der Waals surface area contributed by atoms with E-state index in [9.17, 15) is 13.2 Å². The zero-order valence-corrected chi connectivity index (χ0v) is 11.8. The third-order valence-corrected chi connectivity index (χ3v) is 4.21. The van der Waals surface area contributed by atoms with Gasteiger partial charge in [0.1, 0.15) is 0 Å². The number of anilines is 1. The standard InChI is InChI=1S/C14H11ClF3NS/c15-12-6-5-10(19)7-13(12)20-8-9-3-1-2-4-11(9)14(16,17)18/h1-7H,8,19H2. The Balaban J connectivity index is 2.21. The van der Waals surface area contributed by atoms with E-state index in [0.717, 1.165) is 6.07 Å². The van der Waals surface area contributed by atoms with Gasteiger partial charge in [0.2, 0.25) is 0 Å². The molecular formula is C14H11ClF3NS. The van der Waals surface area contributed by atoms with Gasteiger partial charge in [0.25, 0.3) is 0 Å². The second-order valence-electron chi connectivity index (χ2n) is 4.13. The van der Waals surface area contributed by atoms with Crippen LogP contribution in [0.1, 0.15) is 11.1 Å². The van der Waals surface area contributed by atoms with Gasteiger partial charge in [-0.1, -0.05) is 29.8 Å². The van der Waals surface area contributed by atoms with E-state index in [2.05, 4.69) is 0 Å². The van der Waals surface area contributed by atoms with Crippen molar-refractivity contribution in [3.05, 3.63) is 58.6 Å². The first kappa shape index (κ1) is 15.1. The summed E-state index contributed by atoms with van der Waals surface area (Å²) in [4.78, 5) is 0.670. The summed E-state index contributed by atoms with van der Waals surface area (Å²) >= 11 is 7.23. The SMILES string of the molecule is Nc1ccc(Cl)c(SCc2ccccc2C(F)(F)F)c1. The summed E-state index contributed by atoms with van der Waals surface area (Å²) in [5.74, 6) is 0.179. The van der Waals surface area contributed by atoms with Crippen molar-refractivity contribution in [2.24, 2.45) is 0 Å². The zero-order valence-electron chi connectivity index (χ0n) is 10.2. The van der Waals surface area contributed by atoms with Crippen LogP contribution in [0, 0.1) is 0 Å². The monoisotopic (exact) mass is 317 g/mol. The summed E-state index contributed by atoms with van der Waals surface area (Å²) in [7, 11) is 0. The molecule has 2 aromatic carbocycles. The molecule has 2 N–H and O–H groups in total. The molecule has 0 heterocycles. The summed E-state index contributed by atoms with van der Waals surface area (Å²) in [6.45, 7) is 0. The molecule has 106 valence electrons. The highest BCUT2D eigenvalue weighted by Gasteiger charge is 2.32. The summed E-state index contributed by atoms with van der Waals surface area (Å²) in [5.41, 5.74) is 5.78. The van der Waals surface area contributed by atoms with Crippen molar-refractivity contribution >= 4 is 29.1 Å². The molecule has 0 fully saturated rings. The molecule has 0 aliphatic heterocycles. The molecule has 0 saturated heterocycles. The van der Waals surface area contributed by atoms with E-state index in [1.54, 1.807) is 24.3 Å². The van der Waals surface area contributed by atoms with E-state index in [1.165, 1.54) is 23.9 Å².